The van der Waals surface area contributed by atoms with Gasteiger partial charge < -0.3 is 9.80 Å². The van der Waals surface area contributed by atoms with Gasteiger partial charge in [-0.15, -0.1) is 0 Å². The van der Waals surface area contributed by atoms with E-state index in [4.69, 9.17) is 49.8 Å². The first kappa shape index (κ1) is 44.6. The highest BCUT2D eigenvalue weighted by Gasteiger charge is 2.29. The molecule has 0 aliphatic carbocycles. The molecule has 2 aliphatic rings. The summed E-state index contributed by atoms with van der Waals surface area (Å²) < 4.78 is 0. The van der Waals surface area contributed by atoms with Crippen LogP contribution in [0.5, 0.6) is 0 Å². The number of anilines is 6. The Labute approximate surface area is 441 Å². The lowest BCUT2D eigenvalue weighted by molar-refractivity contribution is 1.04. The molecular weight excluding hydrogens is 957 g/mol. The van der Waals surface area contributed by atoms with Gasteiger partial charge in [-0.25, -0.2) is 29.9 Å². The van der Waals surface area contributed by atoms with Crippen molar-refractivity contribution in [3.8, 4) is 80.0 Å². The van der Waals surface area contributed by atoms with Gasteiger partial charge in [0.25, 0.3) is 0 Å². The van der Waals surface area contributed by atoms with Crippen molar-refractivity contribution in [2.45, 2.75) is 16.2 Å². The second-order valence-corrected chi connectivity index (χ2v) is 19.2. The van der Waals surface area contributed by atoms with Gasteiger partial charge in [-0.1, -0.05) is 109 Å². The molecule has 14 rings (SSSR count). The number of benzene rings is 6. The van der Waals surface area contributed by atoms with Crippen LogP contribution in [-0.2, 0) is 6.42 Å². The topological polar surface area (TPSA) is 135 Å². The molecule has 0 unspecified atom stereocenters. The molecule has 76 heavy (non-hydrogen) atoms. The van der Waals surface area contributed by atoms with Crippen LogP contribution in [0.25, 0.3) is 80.0 Å². The molecule has 358 valence electrons. The first-order valence-electron chi connectivity index (χ1n) is 24.8. The molecule has 2 aliphatic heterocycles. The summed E-state index contributed by atoms with van der Waals surface area (Å²) in [5.41, 5.74) is 14.1. The highest BCUT2D eigenvalue weighted by molar-refractivity contribution is 7.99. The second kappa shape index (κ2) is 19.1. The molecule has 6 aromatic heterocycles. The normalized spacial score (nSPS) is 12.3. The zero-order chi connectivity index (χ0) is 50.4. The number of para-hydroxylation sites is 4. The van der Waals surface area contributed by atoms with E-state index in [-0.39, 0.29) is 0 Å². The maximum Gasteiger partial charge on any atom is 0.182 e. The minimum Gasteiger partial charge on any atom is -0.310 e. The van der Waals surface area contributed by atoms with Gasteiger partial charge in [0.15, 0.2) is 34.9 Å². The van der Waals surface area contributed by atoms with Crippen LogP contribution in [0.3, 0.4) is 0 Å². The van der Waals surface area contributed by atoms with E-state index in [1.165, 1.54) is 11.1 Å². The van der Waals surface area contributed by atoms with Gasteiger partial charge >= 0.3 is 0 Å². The van der Waals surface area contributed by atoms with Crippen LogP contribution in [0.4, 0.5) is 34.1 Å². The van der Waals surface area contributed by atoms with E-state index in [0.717, 1.165) is 72.6 Å². The fourth-order valence-corrected chi connectivity index (χ4v) is 11.0. The summed E-state index contributed by atoms with van der Waals surface area (Å²) in [6, 6.07) is 70.1. The van der Waals surface area contributed by atoms with Crippen LogP contribution >= 0.6 is 11.8 Å². The summed E-state index contributed by atoms with van der Waals surface area (Å²) in [6.07, 6.45) is 7.80. The third kappa shape index (κ3) is 8.17. The Morgan fingerprint density at radius 3 is 1.00 bits per heavy atom. The van der Waals surface area contributed by atoms with Crippen molar-refractivity contribution in [1.82, 2.24) is 49.8 Å². The van der Waals surface area contributed by atoms with Crippen molar-refractivity contribution in [3.05, 3.63) is 242 Å². The molecule has 6 aromatic carbocycles. The second-order valence-electron chi connectivity index (χ2n) is 18.1. The number of aromatic nitrogens is 10. The Morgan fingerprint density at radius 1 is 0.289 bits per heavy atom. The lowest BCUT2D eigenvalue weighted by atomic mass is 9.91. The van der Waals surface area contributed by atoms with Crippen LogP contribution in [0, 0.1) is 0 Å². The smallest absolute Gasteiger partial charge is 0.182 e. The first-order valence-corrected chi connectivity index (χ1v) is 25.6. The highest BCUT2D eigenvalue weighted by Crippen LogP contribution is 2.53. The molecule has 0 amide bonds. The highest BCUT2D eigenvalue weighted by atomic mass is 32.2. The molecule has 0 saturated heterocycles. The number of pyridine rings is 4. The summed E-state index contributed by atoms with van der Waals surface area (Å²) in [4.78, 5) is 57.1. The van der Waals surface area contributed by atoms with E-state index in [1.54, 1.807) is 36.5 Å². The van der Waals surface area contributed by atoms with Crippen molar-refractivity contribution < 1.29 is 0 Å². The number of hydrogen-bond acceptors (Lipinski definition) is 13. The summed E-state index contributed by atoms with van der Waals surface area (Å²) in [6.45, 7) is 0. The zero-order valence-electron chi connectivity index (χ0n) is 40.4. The van der Waals surface area contributed by atoms with Gasteiger partial charge in [0.05, 0.1) is 11.4 Å². The van der Waals surface area contributed by atoms with Gasteiger partial charge in [-0.05, 0) is 131 Å². The van der Waals surface area contributed by atoms with Crippen LogP contribution in [0.1, 0.15) is 11.1 Å². The van der Waals surface area contributed by atoms with Gasteiger partial charge in [0.1, 0.15) is 22.8 Å². The molecule has 12 nitrogen and oxygen atoms in total. The Kier molecular flexibility index (Phi) is 11.2. The largest absolute Gasteiger partial charge is 0.310 e. The monoisotopic (exact) mass is 996 g/mol. The van der Waals surface area contributed by atoms with Crippen molar-refractivity contribution in [3.63, 3.8) is 0 Å². The van der Waals surface area contributed by atoms with E-state index < -0.39 is 0 Å². The first-order chi connectivity index (χ1) is 37.7. The van der Waals surface area contributed by atoms with Crippen LogP contribution in [0.2, 0.25) is 0 Å². The lowest BCUT2D eigenvalue weighted by Crippen LogP contribution is -2.18. The molecule has 0 radical (unpaired) electrons. The van der Waals surface area contributed by atoms with Crippen molar-refractivity contribution in [2.75, 3.05) is 9.80 Å². The Morgan fingerprint density at radius 2 is 0.618 bits per heavy atom. The van der Waals surface area contributed by atoms with Crippen LogP contribution in [-0.4, -0.2) is 49.8 Å². The number of nitrogens with zero attached hydrogens (tertiary/aromatic N) is 12. The zero-order valence-corrected chi connectivity index (χ0v) is 41.2. The fraction of sp³-hybridized carbons (Fsp3) is 0.0159. The van der Waals surface area contributed by atoms with E-state index in [2.05, 4.69) is 143 Å². The molecule has 12 aromatic rings. The molecule has 13 heteroatoms. The quantitative estimate of drug-likeness (QED) is 0.136. The van der Waals surface area contributed by atoms with E-state index >= 15 is 0 Å². The van der Waals surface area contributed by atoms with Crippen molar-refractivity contribution >= 4 is 45.9 Å². The number of hydrogen-bond donors (Lipinski definition) is 0. The molecular formula is C63H40N12S. The minimum absolute atomic E-state index is 0.406. The third-order valence-corrected chi connectivity index (χ3v) is 14.5. The molecule has 0 spiro atoms. The van der Waals surface area contributed by atoms with Crippen LogP contribution in [0.15, 0.2) is 241 Å². The standard InChI is InChI=1S/C63H40N12S/c1-3-23-52-40(17-1)37-41-18-2-4-24-53(41)74(52)42-29-31-44(46(38-42)58-68-60(48-19-9-13-33-64-48)72-61(69-58)49-20-10-14-34-65-49)45-32-30-43(75-54-25-5-7-27-56(54)76-57-28-8-6-26-55(57)75)39-47(45)59-70-62(50-21-11-15-35-66-50)73-63(71-59)51-22-12-16-36-67-51/h1-36,38-39H,37H2. The summed E-state index contributed by atoms with van der Waals surface area (Å²) >= 11 is 1.76. The van der Waals surface area contributed by atoms with Gasteiger partial charge in [0, 0.05) is 74.9 Å². The SMILES string of the molecule is c1ccc(-c2nc(-c3ccccn3)nc(-c3cc(N4c5ccccc5Cc5ccccc54)ccc3-c3ccc(N4c5ccccc5Sc5ccccc54)cc3-c3nc(-c4ccccn4)nc(-c4ccccn4)n3)n2)nc1. The van der Waals surface area contributed by atoms with Gasteiger partial charge in [-0.3, -0.25) is 19.9 Å². The predicted molar refractivity (Wildman–Crippen MR) is 299 cm³/mol. The lowest BCUT2D eigenvalue weighted by Gasteiger charge is -2.34. The van der Waals surface area contributed by atoms with Crippen molar-refractivity contribution in [2.24, 2.45) is 0 Å². The van der Waals surface area contributed by atoms with Gasteiger partial charge in [-0.2, -0.15) is 0 Å². The maximum atomic E-state index is 5.31. The molecule has 0 N–H and O–H groups in total. The molecule has 0 fully saturated rings. The Balaban J connectivity index is 1.07. The average molecular weight is 997 g/mol. The number of fused-ring (bicyclic) bond motifs is 4. The average Bonchev–Trinajstić information content (AvgIpc) is 3.51. The molecule has 8 heterocycles. The molecule has 0 atom stereocenters. The fourth-order valence-electron chi connectivity index (χ4n) is 9.97. The minimum atomic E-state index is 0.406. The third-order valence-electron chi connectivity index (χ3n) is 13.4. The van der Waals surface area contributed by atoms with E-state index in [0.29, 0.717) is 57.7 Å². The van der Waals surface area contributed by atoms with Gasteiger partial charge in [0.2, 0.25) is 0 Å². The summed E-state index contributed by atoms with van der Waals surface area (Å²) in [7, 11) is 0. The summed E-state index contributed by atoms with van der Waals surface area (Å²) in [5.74, 6) is 2.48. The van der Waals surface area contributed by atoms with Crippen LogP contribution < -0.4 is 9.80 Å². The van der Waals surface area contributed by atoms with Crippen molar-refractivity contribution in [1.29, 1.82) is 0 Å². The number of rotatable bonds is 9. The van der Waals surface area contributed by atoms with E-state index in [9.17, 15) is 0 Å². The van der Waals surface area contributed by atoms with E-state index in [1.807, 2.05) is 72.8 Å². The molecule has 0 bridgehead atoms. The summed E-state index contributed by atoms with van der Waals surface area (Å²) in [5, 5.41) is 0. The predicted octanol–water partition coefficient (Wildman–Crippen LogP) is 14.6. The molecule has 0 saturated carbocycles. The Bertz CT molecular complexity index is 3670. The Hall–Kier alpha value is -10.1. The maximum absolute atomic E-state index is 5.31.